The summed E-state index contributed by atoms with van der Waals surface area (Å²) >= 11 is 0. The Kier molecular flexibility index (Phi) is 5.79. The van der Waals surface area contributed by atoms with E-state index in [1.165, 1.54) is 24.0 Å². The Hall–Kier alpha value is -1.08. The van der Waals surface area contributed by atoms with E-state index in [-0.39, 0.29) is 6.61 Å². The molecule has 82 valence electrons. The van der Waals surface area contributed by atoms with Crippen LogP contribution in [-0.2, 0) is 0 Å². The van der Waals surface area contributed by atoms with Crippen molar-refractivity contribution in [1.29, 1.82) is 0 Å². The predicted octanol–water partition coefficient (Wildman–Crippen LogP) is 3.64. The molecule has 0 spiro atoms. The van der Waals surface area contributed by atoms with Crippen LogP contribution in [0.5, 0.6) is 0 Å². The zero-order valence-corrected chi connectivity index (χ0v) is 9.45. The Morgan fingerprint density at radius 3 is 2.53 bits per heavy atom. The van der Waals surface area contributed by atoms with Crippen LogP contribution >= 0.6 is 0 Å². The van der Waals surface area contributed by atoms with Gasteiger partial charge in [-0.3, -0.25) is 0 Å². The van der Waals surface area contributed by atoms with Crippen molar-refractivity contribution in [2.24, 2.45) is 0 Å². The van der Waals surface area contributed by atoms with E-state index in [9.17, 15) is 0 Å². The third kappa shape index (κ3) is 4.80. The molecular formula is C14H20O. The van der Waals surface area contributed by atoms with E-state index in [0.29, 0.717) is 0 Å². The molecule has 0 fully saturated rings. The second kappa shape index (κ2) is 7.24. The van der Waals surface area contributed by atoms with Crippen molar-refractivity contribution in [3.05, 3.63) is 41.5 Å². The summed E-state index contributed by atoms with van der Waals surface area (Å²) in [4.78, 5) is 0. The topological polar surface area (TPSA) is 20.2 Å². The predicted molar refractivity (Wildman–Crippen MR) is 65.6 cm³/mol. The van der Waals surface area contributed by atoms with Gasteiger partial charge in [-0.15, -0.1) is 0 Å². The second-order valence-electron chi connectivity index (χ2n) is 3.79. The van der Waals surface area contributed by atoms with Crippen LogP contribution in [0.1, 0.15) is 38.2 Å². The van der Waals surface area contributed by atoms with Crippen LogP contribution < -0.4 is 0 Å². The summed E-state index contributed by atoms with van der Waals surface area (Å²) in [6.07, 6.45) is 6.52. The van der Waals surface area contributed by atoms with Crippen molar-refractivity contribution >= 4 is 6.08 Å². The number of unbranched alkanes of at least 4 members (excludes halogenated alkanes) is 1. The molecule has 1 N–H and O–H groups in total. The first-order valence-electron chi connectivity index (χ1n) is 5.72. The summed E-state index contributed by atoms with van der Waals surface area (Å²) in [5.41, 5.74) is 2.59. The van der Waals surface area contributed by atoms with Gasteiger partial charge >= 0.3 is 0 Å². The Bertz CT molecular complexity index is 287. The molecule has 0 saturated carbocycles. The number of aliphatic hydroxyl groups excluding tert-OH is 1. The molecule has 0 aliphatic carbocycles. The maximum absolute atomic E-state index is 8.97. The minimum atomic E-state index is 0.252. The van der Waals surface area contributed by atoms with Crippen LogP contribution in [0.25, 0.3) is 6.08 Å². The Morgan fingerprint density at radius 2 is 1.93 bits per heavy atom. The van der Waals surface area contributed by atoms with Gasteiger partial charge in [-0.25, -0.2) is 0 Å². The molecule has 1 heteroatoms. The number of benzene rings is 1. The van der Waals surface area contributed by atoms with Crippen LogP contribution in [0.15, 0.2) is 35.9 Å². The van der Waals surface area contributed by atoms with Crippen LogP contribution in [0.4, 0.5) is 0 Å². The van der Waals surface area contributed by atoms with Gasteiger partial charge in [0.25, 0.3) is 0 Å². The molecular weight excluding hydrogens is 184 g/mol. The lowest BCUT2D eigenvalue weighted by atomic mass is 10.0. The summed E-state index contributed by atoms with van der Waals surface area (Å²) < 4.78 is 0. The number of rotatable bonds is 6. The molecule has 0 aromatic heterocycles. The summed E-state index contributed by atoms with van der Waals surface area (Å²) in [5, 5.41) is 8.97. The van der Waals surface area contributed by atoms with Crippen molar-refractivity contribution in [2.75, 3.05) is 6.61 Å². The van der Waals surface area contributed by atoms with Crippen molar-refractivity contribution in [3.8, 4) is 0 Å². The molecule has 0 aliphatic rings. The van der Waals surface area contributed by atoms with E-state index in [1.54, 1.807) is 0 Å². The van der Waals surface area contributed by atoms with Gasteiger partial charge in [0, 0.05) is 6.61 Å². The lowest BCUT2D eigenvalue weighted by Gasteiger charge is -2.05. The highest BCUT2D eigenvalue weighted by atomic mass is 16.2. The molecule has 0 aliphatic heterocycles. The van der Waals surface area contributed by atoms with Crippen molar-refractivity contribution < 1.29 is 5.11 Å². The van der Waals surface area contributed by atoms with E-state index >= 15 is 0 Å². The maximum atomic E-state index is 8.97. The summed E-state index contributed by atoms with van der Waals surface area (Å²) in [6, 6.07) is 10.3. The Balaban J connectivity index is 2.65. The molecule has 1 rings (SSSR count). The van der Waals surface area contributed by atoms with Crippen molar-refractivity contribution in [1.82, 2.24) is 0 Å². The monoisotopic (exact) mass is 204 g/mol. The molecule has 0 heterocycles. The third-order valence-corrected chi connectivity index (χ3v) is 2.45. The Morgan fingerprint density at radius 1 is 1.20 bits per heavy atom. The van der Waals surface area contributed by atoms with Gasteiger partial charge in [0.1, 0.15) is 0 Å². The fraction of sp³-hybridized carbons (Fsp3) is 0.429. The van der Waals surface area contributed by atoms with Gasteiger partial charge in [-0.1, -0.05) is 55.3 Å². The van der Waals surface area contributed by atoms with Crippen molar-refractivity contribution in [2.45, 2.75) is 32.6 Å². The standard InChI is InChI=1S/C14H20O/c1-2-3-7-14(10-11-15)12-13-8-5-4-6-9-13/h4-6,8-9,12,15H,2-3,7,10-11H2,1H3/b14-12-. The highest BCUT2D eigenvalue weighted by molar-refractivity contribution is 5.52. The molecule has 1 aromatic carbocycles. The van der Waals surface area contributed by atoms with Gasteiger partial charge in [-0.2, -0.15) is 0 Å². The summed E-state index contributed by atoms with van der Waals surface area (Å²) in [6.45, 7) is 2.45. The smallest absolute Gasteiger partial charge is 0.0468 e. The van der Waals surface area contributed by atoms with Crippen molar-refractivity contribution in [3.63, 3.8) is 0 Å². The lowest BCUT2D eigenvalue weighted by Crippen LogP contribution is -1.89. The number of aliphatic hydroxyl groups is 1. The molecule has 0 amide bonds. The molecule has 1 nitrogen and oxygen atoms in total. The minimum Gasteiger partial charge on any atom is -0.396 e. The average molecular weight is 204 g/mol. The summed E-state index contributed by atoms with van der Waals surface area (Å²) in [5.74, 6) is 0. The molecule has 15 heavy (non-hydrogen) atoms. The van der Waals surface area contributed by atoms with E-state index in [0.717, 1.165) is 12.8 Å². The zero-order valence-electron chi connectivity index (χ0n) is 9.45. The van der Waals surface area contributed by atoms with Crippen LogP contribution in [-0.4, -0.2) is 11.7 Å². The Labute approximate surface area is 92.5 Å². The molecule has 0 bridgehead atoms. The fourth-order valence-corrected chi connectivity index (χ4v) is 1.60. The lowest BCUT2D eigenvalue weighted by molar-refractivity contribution is 0.298. The molecule has 0 saturated heterocycles. The molecule has 0 atom stereocenters. The van der Waals surface area contributed by atoms with Crippen LogP contribution in [0.3, 0.4) is 0 Å². The third-order valence-electron chi connectivity index (χ3n) is 2.45. The quantitative estimate of drug-likeness (QED) is 0.750. The largest absolute Gasteiger partial charge is 0.396 e. The molecule has 0 radical (unpaired) electrons. The first-order chi connectivity index (χ1) is 7.36. The maximum Gasteiger partial charge on any atom is 0.0468 e. The fourth-order valence-electron chi connectivity index (χ4n) is 1.60. The van der Waals surface area contributed by atoms with Crippen LogP contribution in [0, 0.1) is 0 Å². The van der Waals surface area contributed by atoms with Gasteiger partial charge in [0.15, 0.2) is 0 Å². The molecule has 1 aromatic rings. The number of hydrogen-bond acceptors (Lipinski definition) is 1. The minimum absolute atomic E-state index is 0.252. The normalized spacial score (nSPS) is 11.7. The van der Waals surface area contributed by atoms with Gasteiger partial charge < -0.3 is 5.11 Å². The van der Waals surface area contributed by atoms with E-state index in [4.69, 9.17) is 5.11 Å². The van der Waals surface area contributed by atoms with E-state index in [1.807, 2.05) is 18.2 Å². The highest BCUT2D eigenvalue weighted by Gasteiger charge is 1.97. The van der Waals surface area contributed by atoms with E-state index in [2.05, 4.69) is 25.1 Å². The van der Waals surface area contributed by atoms with Gasteiger partial charge in [-0.05, 0) is 24.8 Å². The second-order valence-corrected chi connectivity index (χ2v) is 3.79. The molecule has 0 unspecified atom stereocenters. The van der Waals surface area contributed by atoms with Gasteiger partial charge in [0.05, 0.1) is 0 Å². The average Bonchev–Trinajstić information content (AvgIpc) is 2.28. The first-order valence-corrected chi connectivity index (χ1v) is 5.72. The van der Waals surface area contributed by atoms with E-state index < -0.39 is 0 Å². The number of hydrogen-bond donors (Lipinski definition) is 1. The zero-order chi connectivity index (χ0) is 10.9. The summed E-state index contributed by atoms with van der Waals surface area (Å²) in [7, 11) is 0. The SMILES string of the molecule is CCCC/C(=C/c1ccccc1)CCO. The van der Waals surface area contributed by atoms with Gasteiger partial charge in [0.2, 0.25) is 0 Å². The first kappa shape index (κ1) is 12.0. The van der Waals surface area contributed by atoms with Crippen LogP contribution in [0.2, 0.25) is 0 Å². The highest BCUT2D eigenvalue weighted by Crippen LogP contribution is 2.15.